The molecule has 0 heterocycles. The zero-order valence-corrected chi connectivity index (χ0v) is 14.3. The minimum absolute atomic E-state index is 0.128. The van der Waals surface area contributed by atoms with Gasteiger partial charge in [-0.25, -0.2) is 4.79 Å². The molecule has 0 radical (unpaired) electrons. The Kier molecular flexibility index (Phi) is 6.03. The molecule has 0 fully saturated rings. The van der Waals surface area contributed by atoms with E-state index in [1.165, 1.54) is 27.4 Å². The van der Waals surface area contributed by atoms with Crippen LogP contribution in [0.2, 0.25) is 0 Å². The molecule has 0 aliphatic carbocycles. The van der Waals surface area contributed by atoms with Gasteiger partial charge in [0, 0.05) is 0 Å². The van der Waals surface area contributed by atoms with Crippen LogP contribution in [0.1, 0.15) is 15.9 Å². The highest BCUT2D eigenvalue weighted by atomic mass is 16.5. The monoisotopic (exact) mass is 344 g/mol. The van der Waals surface area contributed by atoms with Crippen molar-refractivity contribution >= 4 is 12.0 Å². The van der Waals surface area contributed by atoms with E-state index in [4.69, 9.17) is 19.3 Å². The van der Waals surface area contributed by atoms with Crippen molar-refractivity contribution in [2.45, 2.75) is 0 Å². The standard InChI is InChI=1S/C19H20O6/c1-23-16-10-14(11-17(24-2)18(16)25-3)13-7-12(5-4-6-20)8-15(9-13)19(21)22/h4-5,7-11,20H,6H2,1-3H3,(H,21,22)/b5-4-. The molecular weight excluding hydrogens is 324 g/mol. The fraction of sp³-hybridized carbons (Fsp3) is 0.211. The van der Waals surface area contributed by atoms with E-state index in [1.807, 2.05) is 6.07 Å². The molecule has 2 aromatic carbocycles. The van der Waals surface area contributed by atoms with Crippen LogP contribution in [0.4, 0.5) is 0 Å². The summed E-state index contributed by atoms with van der Waals surface area (Å²) in [5, 5.41) is 18.3. The van der Waals surface area contributed by atoms with E-state index in [-0.39, 0.29) is 12.2 Å². The average molecular weight is 344 g/mol. The first-order chi connectivity index (χ1) is 12.0. The second kappa shape index (κ2) is 8.21. The van der Waals surface area contributed by atoms with Gasteiger partial charge >= 0.3 is 5.97 Å². The second-order valence-electron chi connectivity index (χ2n) is 5.15. The maximum Gasteiger partial charge on any atom is 0.335 e. The maximum atomic E-state index is 11.4. The van der Waals surface area contributed by atoms with Gasteiger partial charge in [-0.3, -0.25) is 0 Å². The number of methoxy groups -OCH3 is 3. The summed E-state index contributed by atoms with van der Waals surface area (Å²) in [5.41, 5.74) is 2.20. The molecule has 0 aromatic heterocycles. The number of carboxylic acid groups (broad SMARTS) is 1. The molecule has 0 aliphatic heterocycles. The number of ether oxygens (including phenoxy) is 3. The van der Waals surface area contributed by atoms with Crippen molar-refractivity contribution in [2.75, 3.05) is 27.9 Å². The van der Waals surface area contributed by atoms with Crippen molar-refractivity contribution in [2.24, 2.45) is 0 Å². The number of aliphatic hydroxyl groups excluding tert-OH is 1. The van der Waals surface area contributed by atoms with Gasteiger partial charge in [0.1, 0.15) is 0 Å². The van der Waals surface area contributed by atoms with Crippen molar-refractivity contribution in [3.63, 3.8) is 0 Å². The van der Waals surface area contributed by atoms with Gasteiger partial charge in [-0.2, -0.15) is 0 Å². The third-order valence-electron chi connectivity index (χ3n) is 3.62. The van der Waals surface area contributed by atoms with Gasteiger partial charge in [-0.1, -0.05) is 12.2 Å². The van der Waals surface area contributed by atoms with Gasteiger partial charge in [-0.05, 0) is 47.0 Å². The number of hydrogen-bond acceptors (Lipinski definition) is 5. The summed E-state index contributed by atoms with van der Waals surface area (Å²) >= 11 is 0. The molecule has 2 N–H and O–H groups in total. The van der Waals surface area contributed by atoms with E-state index < -0.39 is 5.97 Å². The van der Waals surface area contributed by atoms with Gasteiger partial charge in [-0.15, -0.1) is 0 Å². The number of aromatic carboxylic acids is 1. The van der Waals surface area contributed by atoms with Crippen LogP contribution in [0, 0.1) is 0 Å². The van der Waals surface area contributed by atoms with Crippen LogP contribution < -0.4 is 14.2 Å². The lowest BCUT2D eigenvalue weighted by Crippen LogP contribution is -1.99. The number of benzene rings is 2. The summed E-state index contributed by atoms with van der Waals surface area (Å²) < 4.78 is 16.0. The van der Waals surface area contributed by atoms with Crippen molar-refractivity contribution < 1.29 is 29.2 Å². The van der Waals surface area contributed by atoms with Crippen molar-refractivity contribution in [3.05, 3.63) is 47.5 Å². The lowest BCUT2D eigenvalue weighted by molar-refractivity contribution is 0.0697. The topological polar surface area (TPSA) is 85.2 Å². The summed E-state index contributed by atoms with van der Waals surface area (Å²) in [4.78, 5) is 11.4. The summed E-state index contributed by atoms with van der Waals surface area (Å²) in [6, 6.07) is 8.43. The lowest BCUT2D eigenvalue weighted by atomic mass is 9.98. The third-order valence-corrected chi connectivity index (χ3v) is 3.62. The third kappa shape index (κ3) is 4.10. The molecule has 0 spiro atoms. The van der Waals surface area contributed by atoms with E-state index in [2.05, 4.69) is 0 Å². The molecule has 0 unspecified atom stereocenters. The van der Waals surface area contributed by atoms with Crippen LogP contribution in [0.15, 0.2) is 36.4 Å². The number of rotatable bonds is 7. The van der Waals surface area contributed by atoms with Crippen molar-refractivity contribution in [1.82, 2.24) is 0 Å². The summed E-state index contributed by atoms with van der Waals surface area (Å²) in [7, 11) is 4.55. The molecule has 0 amide bonds. The normalized spacial score (nSPS) is 10.7. The number of hydrogen-bond donors (Lipinski definition) is 2. The molecule has 0 aliphatic rings. The molecule has 0 bridgehead atoms. The van der Waals surface area contributed by atoms with Crippen molar-refractivity contribution in [1.29, 1.82) is 0 Å². The van der Waals surface area contributed by atoms with Gasteiger partial charge < -0.3 is 24.4 Å². The van der Waals surface area contributed by atoms with Gasteiger partial charge in [0.05, 0.1) is 33.5 Å². The first kappa shape index (κ1) is 18.4. The van der Waals surface area contributed by atoms with Crippen LogP contribution in [0.3, 0.4) is 0 Å². The number of carboxylic acids is 1. The molecular formula is C19H20O6. The van der Waals surface area contributed by atoms with Crippen LogP contribution in [0.25, 0.3) is 17.2 Å². The van der Waals surface area contributed by atoms with E-state index in [0.29, 0.717) is 28.4 Å². The molecule has 2 aromatic rings. The maximum absolute atomic E-state index is 11.4. The predicted molar refractivity (Wildman–Crippen MR) is 94.6 cm³/mol. The quantitative estimate of drug-likeness (QED) is 0.803. The molecule has 132 valence electrons. The fourth-order valence-corrected chi connectivity index (χ4v) is 2.47. The Hall–Kier alpha value is -2.99. The highest BCUT2D eigenvalue weighted by molar-refractivity contribution is 5.91. The predicted octanol–water partition coefficient (Wildman–Crippen LogP) is 3.08. The smallest absolute Gasteiger partial charge is 0.335 e. The van der Waals surface area contributed by atoms with E-state index in [0.717, 1.165) is 5.56 Å². The fourth-order valence-electron chi connectivity index (χ4n) is 2.47. The van der Waals surface area contributed by atoms with E-state index in [1.54, 1.807) is 30.4 Å². The van der Waals surface area contributed by atoms with Gasteiger partial charge in [0.25, 0.3) is 0 Å². The highest BCUT2D eigenvalue weighted by Crippen LogP contribution is 2.41. The van der Waals surface area contributed by atoms with Crippen LogP contribution in [-0.4, -0.2) is 44.1 Å². The average Bonchev–Trinajstić information content (AvgIpc) is 2.64. The zero-order chi connectivity index (χ0) is 18.4. The summed E-state index contributed by atoms with van der Waals surface area (Å²) in [5.74, 6) is 0.381. The molecule has 0 saturated carbocycles. The first-order valence-corrected chi connectivity index (χ1v) is 7.50. The Morgan fingerprint density at radius 2 is 1.56 bits per heavy atom. The molecule has 0 atom stereocenters. The molecule has 2 rings (SSSR count). The molecule has 0 saturated heterocycles. The highest BCUT2D eigenvalue weighted by Gasteiger charge is 2.15. The largest absolute Gasteiger partial charge is 0.493 e. The van der Waals surface area contributed by atoms with Gasteiger partial charge in [0.15, 0.2) is 11.5 Å². The lowest BCUT2D eigenvalue weighted by Gasteiger charge is -2.15. The first-order valence-electron chi connectivity index (χ1n) is 7.50. The van der Waals surface area contributed by atoms with Crippen LogP contribution in [-0.2, 0) is 0 Å². The minimum atomic E-state index is -1.03. The molecule has 25 heavy (non-hydrogen) atoms. The number of aliphatic hydroxyl groups is 1. The zero-order valence-electron chi connectivity index (χ0n) is 14.3. The molecule has 6 heteroatoms. The Balaban J connectivity index is 2.66. The Morgan fingerprint density at radius 3 is 2.04 bits per heavy atom. The van der Waals surface area contributed by atoms with E-state index >= 15 is 0 Å². The Labute approximate surface area is 145 Å². The minimum Gasteiger partial charge on any atom is -0.493 e. The van der Waals surface area contributed by atoms with E-state index in [9.17, 15) is 9.90 Å². The SMILES string of the molecule is COc1cc(-c2cc(/C=C\CO)cc(C(=O)O)c2)cc(OC)c1OC. The second-order valence-corrected chi connectivity index (χ2v) is 5.15. The summed E-state index contributed by atoms with van der Waals surface area (Å²) in [6.45, 7) is -0.128. The van der Waals surface area contributed by atoms with Crippen LogP contribution >= 0.6 is 0 Å². The van der Waals surface area contributed by atoms with Crippen LogP contribution in [0.5, 0.6) is 17.2 Å². The molecule has 6 nitrogen and oxygen atoms in total. The Morgan fingerprint density at radius 1 is 0.960 bits per heavy atom. The summed E-state index contributed by atoms with van der Waals surface area (Å²) in [6.07, 6.45) is 3.20. The Bertz CT molecular complexity index is 769. The van der Waals surface area contributed by atoms with Gasteiger partial charge in [0.2, 0.25) is 5.75 Å². The number of carbonyl (C=O) groups is 1. The van der Waals surface area contributed by atoms with Crippen molar-refractivity contribution in [3.8, 4) is 28.4 Å².